The first-order valence-electron chi connectivity index (χ1n) is 9.55. The highest BCUT2D eigenvalue weighted by atomic mass is 127. The van der Waals surface area contributed by atoms with Crippen molar-refractivity contribution < 1.29 is 18.0 Å². The molecule has 1 aliphatic rings. The van der Waals surface area contributed by atoms with Gasteiger partial charge in [0.2, 0.25) is 0 Å². The van der Waals surface area contributed by atoms with Gasteiger partial charge in [-0.3, -0.25) is 9.79 Å². The molecule has 29 heavy (non-hydrogen) atoms. The van der Waals surface area contributed by atoms with Crippen molar-refractivity contribution in [3.63, 3.8) is 0 Å². The Hall–Kier alpha value is -1.52. The number of carbonyl (C=O) groups is 1. The van der Waals surface area contributed by atoms with E-state index in [4.69, 9.17) is 0 Å². The molecule has 1 saturated carbocycles. The highest BCUT2D eigenvalue weighted by molar-refractivity contribution is 14.0. The van der Waals surface area contributed by atoms with Crippen molar-refractivity contribution in [3.8, 4) is 0 Å². The molecule has 5 nitrogen and oxygen atoms in total. The topological polar surface area (TPSA) is 56.7 Å². The Labute approximate surface area is 187 Å². The molecule has 0 unspecified atom stereocenters. The van der Waals surface area contributed by atoms with Gasteiger partial charge in [-0.2, -0.15) is 13.2 Å². The fourth-order valence-corrected chi connectivity index (χ4v) is 3.40. The van der Waals surface area contributed by atoms with Crippen LogP contribution in [0.2, 0.25) is 0 Å². The Morgan fingerprint density at radius 3 is 2.41 bits per heavy atom. The van der Waals surface area contributed by atoms with E-state index in [0.29, 0.717) is 37.3 Å². The zero-order valence-electron chi connectivity index (χ0n) is 17.1. The van der Waals surface area contributed by atoms with Gasteiger partial charge in [-0.1, -0.05) is 12.1 Å². The van der Waals surface area contributed by atoms with Gasteiger partial charge < -0.3 is 15.5 Å². The maximum atomic E-state index is 12.8. The predicted octanol–water partition coefficient (Wildman–Crippen LogP) is 3.84. The molecule has 1 fully saturated rings. The quantitative estimate of drug-likeness (QED) is 0.349. The molecule has 0 bridgehead atoms. The van der Waals surface area contributed by atoms with E-state index >= 15 is 0 Å². The second-order valence-corrected chi connectivity index (χ2v) is 7.38. The second-order valence-electron chi connectivity index (χ2n) is 7.38. The third kappa shape index (κ3) is 8.02. The van der Waals surface area contributed by atoms with E-state index in [1.807, 2.05) is 18.2 Å². The van der Waals surface area contributed by atoms with E-state index in [0.717, 1.165) is 5.56 Å². The normalized spacial score (nSPS) is 19.9. The van der Waals surface area contributed by atoms with Crippen LogP contribution in [0.4, 0.5) is 13.2 Å². The van der Waals surface area contributed by atoms with Crippen molar-refractivity contribution in [3.05, 3.63) is 35.4 Å². The summed E-state index contributed by atoms with van der Waals surface area (Å²) in [6.07, 6.45) is -2.10. The summed E-state index contributed by atoms with van der Waals surface area (Å²) in [4.78, 5) is 17.7. The first-order chi connectivity index (χ1) is 13.2. The standard InChI is InChI=1S/C20H29F3N4O.HI/c1-24-19(26-17-9-7-16(8-10-17)20(21,22)23)25-12-11-14-5-4-6-15(13-14)18(28)27(2)3;/h4-6,13,16-17H,7-12H2,1-3H3,(H2,24,25,26);1H. The van der Waals surface area contributed by atoms with Crippen molar-refractivity contribution in [2.75, 3.05) is 27.7 Å². The van der Waals surface area contributed by atoms with Gasteiger partial charge in [-0.25, -0.2) is 0 Å². The van der Waals surface area contributed by atoms with Crippen LogP contribution >= 0.6 is 24.0 Å². The van der Waals surface area contributed by atoms with Crippen molar-refractivity contribution in [2.45, 2.75) is 44.3 Å². The number of carbonyl (C=O) groups excluding carboxylic acids is 1. The molecule has 1 aliphatic carbocycles. The second kappa shape index (κ2) is 11.6. The molecule has 164 valence electrons. The van der Waals surface area contributed by atoms with E-state index in [1.54, 1.807) is 27.2 Å². The zero-order valence-corrected chi connectivity index (χ0v) is 19.4. The molecule has 0 saturated heterocycles. The summed E-state index contributed by atoms with van der Waals surface area (Å²) in [6.45, 7) is 0.608. The van der Waals surface area contributed by atoms with Gasteiger partial charge in [0.25, 0.3) is 5.91 Å². The lowest BCUT2D eigenvalue weighted by Crippen LogP contribution is -2.46. The first-order valence-corrected chi connectivity index (χ1v) is 9.55. The third-order valence-corrected chi connectivity index (χ3v) is 5.04. The van der Waals surface area contributed by atoms with Gasteiger partial charge >= 0.3 is 6.18 Å². The third-order valence-electron chi connectivity index (χ3n) is 5.04. The molecule has 9 heteroatoms. The van der Waals surface area contributed by atoms with E-state index < -0.39 is 12.1 Å². The van der Waals surface area contributed by atoms with Gasteiger partial charge in [0.05, 0.1) is 5.92 Å². The van der Waals surface area contributed by atoms with Crippen LogP contribution in [0.3, 0.4) is 0 Å². The van der Waals surface area contributed by atoms with Gasteiger partial charge in [0.15, 0.2) is 5.96 Å². The molecule has 0 atom stereocenters. The van der Waals surface area contributed by atoms with Crippen LogP contribution in [0.15, 0.2) is 29.3 Å². The van der Waals surface area contributed by atoms with Crippen LogP contribution in [-0.2, 0) is 6.42 Å². The molecule has 1 amide bonds. The number of rotatable bonds is 5. The Bertz CT molecular complexity index is 687. The number of alkyl halides is 3. The van der Waals surface area contributed by atoms with Crippen molar-refractivity contribution in [1.29, 1.82) is 0 Å². The summed E-state index contributed by atoms with van der Waals surface area (Å²) >= 11 is 0. The molecule has 0 aromatic heterocycles. The molecule has 1 aromatic rings. The fraction of sp³-hybridized carbons (Fsp3) is 0.600. The van der Waals surface area contributed by atoms with Crippen LogP contribution in [-0.4, -0.2) is 56.7 Å². The van der Waals surface area contributed by atoms with Crippen LogP contribution in [0.1, 0.15) is 41.6 Å². The van der Waals surface area contributed by atoms with Gasteiger partial charge in [-0.15, -0.1) is 24.0 Å². The summed E-state index contributed by atoms with van der Waals surface area (Å²) in [5.41, 5.74) is 1.67. The number of aliphatic imine (C=N–C) groups is 1. The SMILES string of the molecule is CN=C(NCCc1cccc(C(=O)N(C)C)c1)NC1CCC(C(F)(F)F)CC1.I. The Morgan fingerprint density at radius 1 is 1.21 bits per heavy atom. The summed E-state index contributed by atoms with van der Waals surface area (Å²) in [7, 11) is 5.08. The number of nitrogens with one attached hydrogen (secondary N) is 2. The molecule has 0 aliphatic heterocycles. The molecular formula is C20H30F3IN4O. The van der Waals surface area contributed by atoms with Crippen molar-refractivity contribution in [2.24, 2.45) is 10.9 Å². The Kier molecular flexibility index (Phi) is 10.2. The van der Waals surface area contributed by atoms with E-state index in [9.17, 15) is 18.0 Å². The maximum absolute atomic E-state index is 12.8. The number of benzene rings is 1. The fourth-order valence-electron chi connectivity index (χ4n) is 3.40. The maximum Gasteiger partial charge on any atom is 0.391 e. The number of guanidine groups is 1. The Balaban J connectivity index is 0.00000420. The minimum atomic E-state index is -4.09. The van der Waals surface area contributed by atoms with Crippen molar-refractivity contribution >= 4 is 35.8 Å². The smallest absolute Gasteiger partial charge is 0.356 e. The number of amides is 1. The summed E-state index contributed by atoms with van der Waals surface area (Å²) in [5.74, 6) is -0.629. The minimum Gasteiger partial charge on any atom is -0.356 e. The molecule has 0 spiro atoms. The predicted molar refractivity (Wildman–Crippen MR) is 120 cm³/mol. The number of nitrogens with zero attached hydrogens (tertiary/aromatic N) is 2. The minimum absolute atomic E-state index is 0. The monoisotopic (exact) mass is 526 g/mol. The lowest BCUT2D eigenvalue weighted by Gasteiger charge is -2.31. The number of hydrogen-bond acceptors (Lipinski definition) is 2. The molecule has 1 aromatic carbocycles. The van der Waals surface area contributed by atoms with E-state index in [2.05, 4.69) is 15.6 Å². The molecule has 0 radical (unpaired) electrons. The first kappa shape index (κ1) is 25.5. The summed E-state index contributed by atoms with van der Waals surface area (Å²) < 4.78 is 38.3. The van der Waals surface area contributed by atoms with E-state index in [1.165, 1.54) is 4.90 Å². The largest absolute Gasteiger partial charge is 0.391 e. The molecule has 2 rings (SSSR count). The lowest BCUT2D eigenvalue weighted by atomic mass is 9.85. The average Bonchev–Trinajstić information content (AvgIpc) is 2.66. The van der Waals surface area contributed by atoms with Gasteiger partial charge in [0, 0.05) is 39.3 Å². The summed E-state index contributed by atoms with van der Waals surface area (Å²) in [5, 5.41) is 6.42. The Morgan fingerprint density at radius 2 is 1.86 bits per heavy atom. The van der Waals surface area contributed by atoms with Gasteiger partial charge in [-0.05, 0) is 49.8 Å². The highest BCUT2D eigenvalue weighted by Crippen LogP contribution is 2.37. The lowest BCUT2D eigenvalue weighted by molar-refractivity contribution is -0.182. The molecular weight excluding hydrogens is 496 g/mol. The zero-order chi connectivity index (χ0) is 20.7. The summed E-state index contributed by atoms with van der Waals surface area (Å²) in [6, 6.07) is 7.49. The van der Waals surface area contributed by atoms with Gasteiger partial charge in [0.1, 0.15) is 0 Å². The van der Waals surface area contributed by atoms with Crippen molar-refractivity contribution in [1.82, 2.24) is 15.5 Å². The molecule has 0 heterocycles. The van der Waals surface area contributed by atoms with Crippen LogP contribution in [0.25, 0.3) is 0 Å². The van der Waals surface area contributed by atoms with Crippen LogP contribution in [0, 0.1) is 5.92 Å². The van der Waals surface area contributed by atoms with Crippen LogP contribution in [0.5, 0.6) is 0 Å². The number of halogens is 4. The highest BCUT2D eigenvalue weighted by Gasteiger charge is 2.41. The molecule has 2 N–H and O–H groups in total. The number of hydrogen-bond donors (Lipinski definition) is 2. The van der Waals surface area contributed by atoms with Crippen LogP contribution < -0.4 is 10.6 Å². The van der Waals surface area contributed by atoms with E-state index in [-0.39, 0.29) is 48.8 Å². The average molecular weight is 526 g/mol.